The molecule has 1 amide bonds. The second-order valence-corrected chi connectivity index (χ2v) is 4.46. The van der Waals surface area contributed by atoms with Crippen LogP contribution in [0, 0.1) is 5.82 Å². The second-order valence-electron chi connectivity index (χ2n) is 3.59. The summed E-state index contributed by atoms with van der Waals surface area (Å²) in [7, 11) is 0. The zero-order chi connectivity index (χ0) is 13.1. The van der Waals surface area contributed by atoms with Crippen LogP contribution in [-0.4, -0.2) is 5.91 Å². The topological polar surface area (TPSA) is 29.1 Å². The van der Waals surface area contributed by atoms with Crippen molar-refractivity contribution in [3.05, 3.63) is 63.9 Å². The van der Waals surface area contributed by atoms with Crippen LogP contribution in [0.5, 0.6) is 0 Å². The van der Waals surface area contributed by atoms with Gasteiger partial charge in [-0.15, -0.1) is 0 Å². The summed E-state index contributed by atoms with van der Waals surface area (Å²) in [5.41, 5.74) is 0.384. The van der Waals surface area contributed by atoms with Crippen LogP contribution < -0.4 is 5.32 Å². The Morgan fingerprint density at radius 1 is 1.06 bits per heavy atom. The molecule has 0 heterocycles. The minimum absolute atomic E-state index is 0.0337. The number of benzene rings is 2. The van der Waals surface area contributed by atoms with Gasteiger partial charge in [-0.2, -0.15) is 0 Å². The van der Waals surface area contributed by atoms with E-state index >= 15 is 0 Å². The van der Waals surface area contributed by atoms with Gasteiger partial charge >= 0.3 is 0 Å². The maximum absolute atomic E-state index is 13.4. The quantitative estimate of drug-likeness (QED) is 0.870. The van der Waals surface area contributed by atoms with Crippen molar-refractivity contribution >= 4 is 34.8 Å². The Balaban J connectivity index is 2.24. The molecule has 0 saturated heterocycles. The van der Waals surface area contributed by atoms with Crippen LogP contribution in [0.2, 0.25) is 10.0 Å². The van der Waals surface area contributed by atoms with E-state index < -0.39 is 11.7 Å². The number of hydrogen-bond donors (Lipinski definition) is 1. The molecule has 0 spiro atoms. The summed E-state index contributed by atoms with van der Waals surface area (Å²) in [6, 6.07) is 10.3. The van der Waals surface area contributed by atoms with Crippen molar-refractivity contribution in [3.63, 3.8) is 0 Å². The number of amides is 1. The molecule has 0 saturated carbocycles. The molecule has 0 bridgehead atoms. The first-order chi connectivity index (χ1) is 8.56. The van der Waals surface area contributed by atoms with Gasteiger partial charge < -0.3 is 5.32 Å². The third-order valence-corrected chi connectivity index (χ3v) is 2.68. The summed E-state index contributed by atoms with van der Waals surface area (Å²) in [6.07, 6.45) is 0. The Kier molecular flexibility index (Phi) is 3.84. The van der Waals surface area contributed by atoms with Crippen molar-refractivity contribution in [2.24, 2.45) is 0 Å². The minimum Gasteiger partial charge on any atom is -0.322 e. The van der Waals surface area contributed by atoms with Gasteiger partial charge in [-0.05, 0) is 30.3 Å². The third kappa shape index (κ3) is 3.00. The van der Waals surface area contributed by atoms with Gasteiger partial charge in [0, 0.05) is 15.7 Å². The fourth-order valence-electron chi connectivity index (χ4n) is 1.47. The first kappa shape index (κ1) is 12.9. The monoisotopic (exact) mass is 283 g/mol. The molecule has 2 nitrogen and oxygen atoms in total. The second kappa shape index (κ2) is 5.38. The summed E-state index contributed by atoms with van der Waals surface area (Å²) in [5, 5.41) is 3.32. The van der Waals surface area contributed by atoms with Crippen LogP contribution in [0.4, 0.5) is 10.1 Å². The van der Waals surface area contributed by atoms with Crippen LogP contribution in [-0.2, 0) is 0 Å². The minimum atomic E-state index is -0.580. The summed E-state index contributed by atoms with van der Waals surface area (Å²) >= 11 is 11.6. The maximum Gasteiger partial charge on any atom is 0.258 e. The van der Waals surface area contributed by atoms with Crippen LogP contribution in [0.25, 0.3) is 0 Å². The van der Waals surface area contributed by atoms with Gasteiger partial charge in [0.15, 0.2) is 0 Å². The summed E-state index contributed by atoms with van der Waals surface area (Å²) in [4.78, 5) is 11.8. The fraction of sp³-hybridized carbons (Fsp3) is 0. The average molecular weight is 284 g/mol. The van der Waals surface area contributed by atoms with Gasteiger partial charge in [-0.3, -0.25) is 4.79 Å². The van der Waals surface area contributed by atoms with E-state index in [0.29, 0.717) is 15.7 Å². The highest BCUT2D eigenvalue weighted by atomic mass is 35.5. The zero-order valence-corrected chi connectivity index (χ0v) is 10.6. The molecule has 0 atom stereocenters. The number of halogens is 3. The van der Waals surface area contributed by atoms with E-state index in [2.05, 4.69) is 5.32 Å². The van der Waals surface area contributed by atoms with E-state index in [1.165, 1.54) is 30.3 Å². The predicted octanol–water partition coefficient (Wildman–Crippen LogP) is 4.38. The molecular formula is C13H8Cl2FNO. The molecule has 0 fully saturated rings. The van der Waals surface area contributed by atoms with Crippen molar-refractivity contribution in [2.45, 2.75) is 0 Å². The van der Waals surface area contributed by atoms with Crippen molar-refractivity contribution in [2.75, 3.05) is 5.32 Å². The molecule has 0 aliphatic carbocycles. The molecule has 2 rings (SSSR count). The van der Waals surface area contributed by atoms with E-state index in [9.17, 15) is 9.18 Å². The molecule has 92 valence electrons. The lowest BCUT2D eigenvalue weighted by Gasteiger charge is -2.07. The number of carbonyl (C=O) groups is 1. The first-order valence-electron chi connectivity index (χ1n) is 5.08. The Morgan fingerprint density at radius 3 is 2.28 bits per heavy atom. The van der Waals surface area contributed by atoms with Crippen molar-refractivity contribution in [3.8, 4) is 0 Å². The number of hydrogen-bond acceptors (Lipinski definition) is 1. The van der Waals surface area contributed by atoms with Gasteiger partial charge in [0.1, 0.15) is 5.82 Å². The van der Waals surface area contributed by atoms with Crippen LogP contribution in [0.15, 0.2) is 42.5 Å². The maximum atomic E-state index is 13.4. The van der Waals surface area contributed by atoms with E-state index in [1.54, 1.807) is 12.1 Å². The Hall–Kier alpha value is -1.58. The third-order valence-electron chi connectivity index (χ3n) is 2.24. The fourth-order valence-corrected chi connectivity index (χ4v) is 2.00. The van der Waals surface area contributed by atoms with Gasteiger partial charge in [-0.1, -0.05) is 35.3 Å². The van der Waals surface area contributed by atoms with Crippen molar-refractivity contribution in [1.29, 1.82) is 0 Å². The van der Waals surface area contributed by atoms with Crippen molar-refractivity contribution < 1.29 is 9.18 Å². The van der Waals surface area contributed by atoms with Gasteiger partial charge in [0.05, 0.1) is 5.56 Å². The highest BCUT2D eigenvalue weighted by Gasteiger charge is 2.11. The van der Waals surface area contributed by atoms with Gasteiger partial charge in [-0.25, -0.2) is 4.39 Å². The molecule has 18 heavy (non-hydrogen) atoms. The number of carbonyl (C=O) groups excluding carboxylic acids is 1. The summed E-state index contributed by atoms with van der Waals surface area (Å²) < 4.78 is 13.4. The Labute approximate surface area is 113 Å². The number of rotatable bonds is 2. The molecule has 0 aliphatic heterocycles. The molecule has 0 aromatic heterocycles. The molecule has 0 unspecified atom stereocenters. The zero-order valence-electron chi connectivity index (χ0n) is 9.08. The average Bonchev–Trinajstić information content (AvgIpc) is 2.27. The Morgan fingerprint density at radius 2 is 1.67 bits per heavy atom. The lowest BCUT2D eigenvalue weighted by atomic mass is 10.2. The number of anilines is 1. The molecule has 2 aromatic rings. The van der Waals surface area contributed by atoms with Crippen LogP contribution >= 0.6 is 23.2 Å². The molecule has 5 heteroatoms. The van der Waals surface area contributed by atoms with Crippen molar-refractivity contribution in [1.82, 2.24) is 0 Å². The Bertz CT molecular complexity index is 581. The van der Waals surface area contributed by atoms with Gasteiger partial charge in [0.25, 0.3) is 5.91 Å². The van der Waals surface area contributed by atoms with E-state index in [-0.39, 0.29) is 5.56 Å². The predicted molar refractivity (Wildman–Crippen MR) is 70.8 cm³/mol. The van der Waals surface area contributed by atoms with Gasteiger partial charge in [0.2, 0.25) is 0 Å². The normalized spacial score (nSPS) is 10.2. The SMILES string of the molecule is O=C(Nc1cc(Cl)cc(Cl)c1)c1ccccc1F. The molecule has 1 N–H and O–H groups in total. The first-order valence-corrected chi connectivity index (χ1v) is 5.84. The largest absolute Gasteiger partial charge is 0.322 e. The highest BCUT2D eigenvalue weighted by Crippen LogP contribution is 2.23. The van der Waals surface area contributed by atoms with E-state index in [0.717, 1.165) is 0 Å². The molecule has 0 radical (unpaired) electrons. The molecule has 0 aliphatic rings. The van der Waals surface area contributed by atoms with E-state index in [1.807, 2.05) is 0 Å². The summed E-state index contributed by atoms with van der Waals surface area (Å²) in [5.74, 6) is -1.13. The standard InChI is InChI=1S/C13H8Cl2FNO/c14-8-5-9(15)7-10(6-8)17-13(18)11-3-1-2-4-12(11)16/h1-7H,(H,17,18). The van der Waals surface area contributed by atoms with Crippen LogP contribution in [0.3, 0.4) is 0 Å². The van der Waals surface area contributed by atoms with E-state index in [4.69, 9.17) is 23.2 Å². The molecule has 2 aromatic carbocycles. The lowest BCUT2D eigenvalue weighted by Crippen LogP contribution is -2.13. The number of nitrogens with one attached hydrogen (secondary N) is 1. The lowest BCUT2D eigenvalue weighted by molar-refractivity contribution is 0.102. The smallest absolute Gasteiger partial charge is 0.258 e. The molecular weight excluding hydrogens is 276 g/mol. The summed E-state index contributed by atoms with van der Waals surface area (Å²) in [6.45, 7) is 0. The van der Waals surface area contributed by atoms with Crippen LogP contribution in [0.1, 0.15) is 10.4 Å². The highest BCUT2D eigenvalue weighted by molar-refractivity contribution is 6.35.